The lowest BCUT2D eigenvalue weighted by atomic mass is 10.2. The molecule has 2 N–H and O–H groups in total. The summed E-state index contributed by atoms with van der Waals surface area (Å²) >= 11 is 0. The van der Waals surface area contributed by atoms with Crippen LogP contribution in [0.5, 0.6) is 0 Å². The van der Waals surface area contributed by atoms with Crippen molar-refractivity contribution in [3.05, 3.63) is 35.9 Å². The second-order valence-corrected chi connectivity index (χ2v) is 4.58. The van der Waals surface area contributed by atoms with Crippen molar-refractivity contribution in [1.29, 1.82) is 0 Å². The Balaban J connectivity index is 0.00000180. The molecule has 1 unspecified atom stereocenters. The molecule has 1 saturated heterocycles. The second-order valence-electron chi connectivity index (χ2n) is 4.58. The molecule has 1 aromatic rings. The van der Waals surface area contributed by atoms with Gasteiger partial charge < -0.3 is 15.4 Å². The van der Waals surface area contributed by atoms with Gasteiger partial charge in [-0.25, -0.2) is 0 Å². The van der Waals surface area contributed by atoms with Gasteiger partial charge in [0.05, 0.1) is 6.61 Å². The van der Waals surface area contributed by atoms with Crippen molar-refractivity contribution in [2.75, 3.05) is 19.7 Å². The Morgan fingerprint density at radius 3 is 2.84 bits per heavy atom. The summed E-state index contributed by atoms with van der Waals surface area (Å²) in [6, 6.07) is 10.3. The maximum absolute atomic E-state index is 11.5. The van der Waals surface area contributed by atoms with Crippen LogP contribution in [0.25, 0.3) is 0 Å². The first-order chi connectivity index (χ1) is 8.84. The van der Waals surface area contributed by atoms with E-state index in [-0.39, 0.29) is 24.9 Å². The highest BCUT2D eigenvalue weighted by atomic mass is 35.5. The van der Waals surface area contributed by atoms with Crippen LogP contribution in [0, 0.1) is 0 Å². The minimum atomic E-state index is -0.0420. The molecular formula is C14H21ClN2O2. The van der Waals surface area contributed by atoms with Crippen LogP contribution < -0.4 is 10.6 Å². The third-order valence-corrected chi connectivity index (χ3v) is 3.05. The van der Waals surface area contributed by atoms with E-state index in [2.05, 4.69) is 10.6 Å². The predicted octanol–water partition coefficient (Wildman–Crippen LogP) is 1.49. The Bertz CT molecular complexity index is 367. The zero-order valence-corrected chi connectivity index (χ0v) is 11.7. The van der Waals surface area contributed by atoms with Crippen LogP contribution in [-0.4, -0.2) is 31.6 Å². The number of amides is 1. The summed E-state index contributed by atoms with van der Waals surface area (Å²) < 4.78 is 5.36. The van der Waals surface area contributed by atoms with E-state index in [9.17, 15) is 4.79 Å². The van der Waals surface area contributed by atoms with Crippen molar-refractivity contribution < 1.29 is 9.53 Å². The fourth-order valence-corrected chi connectivity index (χ4v) is 2.05. The van der Waals surface area contributed by atoms with E-state index < -0.39 is 0 Å². The molecule has 1 heterocycles. The molecule has 0 aromatic heterocycles. The molecule has 5 heteroatoms. The van der Waals surface area contributed by atoms with E-state index in [1.807, 2.05) is 30.3 Å². The Kier molecular flexibility index (Phi) is 7.48. The minimum absolute atomic E-state index is 0. The maximum Gasteiger partial charge on any atom is 0.246 e. The molecule has 106 valence electrons. The molecule has 4 nitrogen and oxygen atoms in total. The zero-order valence-electron chi connectivity index (χ0n) is 10.9. The van der Waals surface area contributed by atoms with Gasteiger partial charge in [-0.15, -0.1) is 12.4 Å². The Morgan fingerprint density at radius 1 is 1.37 bits per heavy atom. The van der Waals surface area contributed by atoms with Crippen molar-refractivity contribution in [2.24, 2.45) is 0 Å². The lowest BCUT2D eigenvalue weighted by molar-refractivity contribution is -0.126. The largest absolute Gasteiger partial charge is 0.367 e. The fraction of sp³-hybridized carbons (Fsp3) is 0.500. The van der Waals surface area contributed by atoms with Gasteiger partial charge in [0, 0.05) is 12.6 Å². The van der Waals surface area contributed by atoms with E-state index in [0.717, 1.165) is 18.5 Å². The number of halogens is 1. The smallest absolute Gasteiger partial charge is 0.246 e. The number of carbonyl (C=O) groups is 1. The van der Waals surface area contributed by atoms with Crippen LogP contribution in [0.3, 0.4) is 0 Å². The van der Waals surface area contributed by atoms with Gasteiger partial charge in [-0.05, 0) is 24.9 Å². The van der Waals surface area contributed by atoms with Gasteiger partial charge in [-0.2, -0.15) is 0 Å². The fourth-order valence-electron chi connectivity index (χ4n) is 2.05. The lowest BCUT2D eigenvalue weighted by Gasteiger charge is -2.11. The van der Waals surface area contributed by atoms with E-state index in [4.69, 9.17) is 4.74 Å². The number of hydrogen-bond acceptors (Lipinski definition) is 3. The number of benzene rings is 1. The van der Waals surface area contributed by atoms with Crippen molar-refractivity contribution in [3.63, 3.8) is 0 Å². The quantitative estimate of drug-likeness (QED) is 0.832. The maximum atomic E-state index is 11.5. The molecular weight excluding hydrogens is 264 g/mol. The monoisotopic (exact) mass is 284 g/mol. The molecule has 1 aliphatic rings. The summed E-state index contributed by atoms with van der Waals surface area (Å²) in [6.07, 6.45) is 2.34. The zero-order chi connectivity index (χ0) is 12.6. The van der Waals surface area contributed by atoms with Crippen molar-refractivity contribution in [2.45, 2.75) is 25.5 Å². The molecule has 1 atom stereocenters. The third kappa shape index (κ3) is 6.05. The number of hydrogen-bond donors (Lipinski definition) is 2. The number of carbonyl (C=O) groups excluding carboxylic acids is 1. The molecule has 0 bridgehead atoms. The summed E-state index contributed by atoms with van der Waals surface area (Å²) in [5.41, 5.74) is 1.09. The van der Waals surface area contributed by atoms with Crippen LogP contribution in [0.2, 0.25) is 0 Å². The number of rotatable bonds is 6. The molecule has 19 heavy (non-hydrogen) atoms. The van der Waals surface area contributed by atoms with Crippen LogP contribution in [0.15, 0.2) is 30.3 Å². The average molecular weight is 285 g/mol. The number of nitrogens with one attached hydrogen (secondary N) is 2. The predicted molar refractivity (Wildman–Crippen MR) is 77.4 cm³/mol. The third-order valence-electron chi connectivity index (χ3n) is 3.05. The van der Waals surface area contributed by atoms with Crippen molar-refractivity contribution in [3.8, 4) is 0 Å². The minimum Gasteiger partial charge on any atom is -0.367 e. The topological polar surface area (TPSA) is 50.4 Å². The van der Waals surface area contributed by atoms with Gasteiger partial charge in [-0.3, -0.25) is 4.79 Å². The Morgan fingerprint density at radius 2 is 2.16 bits per heavy atom. The summed E-state index contributed by atoms with van der Waals surface area (Å²) in [7, 11) is 0. The van der Waals surface area contributed by atoms with E-state index >= 15 is 0 Å². The molecule has 0 aliphatic carbocycles. The highest BCUT2D eigenvalue weighted by Gasteiger charge is 2.14. The van der Waals surface area contributed by atoms with E-state index in [1.54, 1.807) is 0 Å². The molecule has 0 saturated carbocycles. The Hall–Kier alpha value is -1.10. The van der Waals surface area contributed by atoms with Gasteiger partial charge in [0.15, 0.2) is 0 Å². The Labute approximate surface area is 120 Å². The first-order valence-electron chi connectivity index (χ1n) is 6.46. The molecule has 1 aliphatic heterocycles. The summed E-state index contributed by atoms with van der Waals surface area (Å²) in [4.78, 5) is 11.5. The van der Waals surface area contributed by atoms with Gasteiger partial charge >= 0.3 is 0 Å². The molecule has 2 rings (SSSR count). The van der Waals surface area contributed by atoms with Gasteiger partial charge in [0.1, 0.15) is 6.61 Å². The molecule has 1 amide bonds. The average Bonchev–Trinajstić information content (AvgIpc) is 2.91. The van der Waals surface area contributed by atoms with Crippen molar-refractivity contribution in [1.82, 2.24) is 10.6 Å². The van der Waals surface area contributed by atoms with Crippen LogP contribution >= 0.6 is 12.4 Å². The van der Waals surface area contributed by atoms with Crippen LogP contribution in [0.4, 0.5) is 0 Å². The SMILES string of the molecule is Cl.O=C(COCc1ccccc1)NCC1CCCN1. The summed E-state index contributed by atoms with van der Waals surface area (Å²) in [5.74, 6) is -0.0420. The van der Waals surface area contributed by atoms with Crippen LogP contribution in [-0.2, 0) is 16.1 Å². The second kappa shape index (κ2) is 8.91. The van der Waals surface area contributed by atoms with Gasteiger partial charge in [0.2, 0.25) is 5.91 Å². The lowest BCUT2D eigenvalue weighted by Crippen LogP contribution is -2.38. The highest BCUT2D eigenvalue weighted by Crippen LogP contribution is 2.03. The molecule has 1 aromatic carbocycles. The molecule has 0 radical (unpaired) electrons. The summed E-state index contributed by atoms with van der Waals surface area (Å²) in [5, 5.41) is 6.22. The highest BCUT2D eigenvalue weighted by molar-refractivity contribution is 5.85. The van der Waals surface area contributed by atoms with Crippen molar-refractivity contribution >= 4 is 18.3 Å². The van der Waals surface area contributed by atoms with Crippen LogP contribution in [0.1, 0.15) is 18.4 Å². The summed E-state index contributed by atoms with van der Waals surface area (Å²) in [6.45, 7) is 2.37. The molecule has 0 spiro atoms. The van der Waals surface area contributed by atoms with Gasteiger partial charge in [-0.1, -0.05) is 30.3 Å². The first kappa shape index (κ1) is 16.0. The number of ether oxygens (including phenoxy) is 1. The molecule has 1 fully saturated rings. The van der Waals surface area contributed by atoms with Gasteiger partial charge in [0.25, 0.3) is 0 Å². The van der Waals surface area contributed by atoms with E-state index in [0.29, 0.717) is 19.2 Å². The van der Waals surface area contributed by atoms with E-state index in [1.165, 1.54) is 6.42 Å². The first-order valence-corrected chi connectivity index (χ1v) is 6.46. The standard InChI is InChI=1S/C14H20N2O2.ClH/c17-14(16-9-13-7-4-8-15-13)11-18-10-12-5-2-1-3-6-12;/h1-3,5-6,13,15H,4,7-11H2,(H,16,17);1H. The normalized spacial score (nSPS) is 17.8.